The molecule has 0 radical (unpaired) electrons. The summed E-state index contributed by atoms with van der Waals surface area (Å²) in [6.07, 6.45) is 0.548. The molecule has 1 saturated heterocycles. The van der Waals surface area contributed by atoms with Gasteiger partial charge in [0.1, 0.15) is 0 Å². The molecule has 1 atom stereocenters. The number of sulfone groups is 1. The van der Waals surface area contributed by atoms with Crippen molar-refractivity contribution in [3.63, 3.8) is 0 Å². The first-order chi connectivity index (χ1) is 9.48. The summed E-state index contributed by atoms with van der Waals surface area (Å²) >= 11 is 0. The number of anilines is 1. The van der Waals surface area contributed by atoms with Gasteiger partial charge in [0, 0.05) is 11.7 Å². The van der Waals surface area contributed by atoms with E-state index in [0.29, 0.717) is 17.7 Å². The summed E-state index contributed by atoms with van der Waals surface area (Å²) in [5.74, 6) is 0.0398. The van der Waals surface area contributed by atoms with E-state index >= 15 is 0 Å². The fourth-order valence-corrected chi connectivity index (χ4v) is 3.73. The number of carbonyl (C=O) groups is 1. The Morgan fingerprint density at radius 1 is 1.35 bits per heavy atom. The molecule has 1 fully saturated rings. The molecule has 0 spiro atoms. The van der Waals surface area contributed by atoms with Gasteiger partial charge in [-0.25, -0.2) is 8.42 Å². The minimum atomic E-state index is -2.93. The van der Waals surface area contributed by atoms with Crippen LogP contribution in [0.4, 0.5) is 5.69 Å². The molecule has 20 heavy (non-hydrogen) atoms. The highest BCUT2D eigenvalue weighted by Gasteiger charge is 2.27. The van der Waals surface area contributed by atoms with Crippen LogP contribution in [0.1, 0.15) is 12.0 Å². The SMILES string of the molecule is N#Cc1ccc(NC(=O)CNC2CCS(=O)(=O)C2)cc1. The molecule has 1 aromatic carbocycles. The van der Waals surface area contributed by atoms with Crippen LogP contribution in [0, 0.1) is 11.3 Å². The van der Waals surface area contributed by atoms with Gasteiger partial charge in [-0.05, 0) is 30.7 Å². The van der Waals surface area contributed by atoms with Crippen molar-refractivity contribution < 1.29 is 13.2 Å². The van der Waals surface area contributed by atoms with Gasteiger partial charge in [-0.1, -0.05) is 0 Å². The van der Waals surface area contributed by atoms with E-state index in [0.717, 1.165) is 0 Å². The molecule has 2 N–H and O–H groups in total. The largest absolute Gasteiger partial charge is 0.325 e. The van der Waals surface area contributed by atoms with Crippen LogP contribution in [-0.4, -0.2) is 38.4 Å². The summed E-state index contributed by atoms with van der Waals surface area (Å²) in [5, 5.41) is 14.3. The van der Waals surface area contributed by atoms with E-state index < -0.39 is 9.84 Å². The lowest BCUT2D eigenvalue weighted by atomic mass is 10.2. The number of amides is 1. The summed E-state index contributed by atoms with van der Waals surface area (Å²) in [4.78, 5) is 11.7. The van der Waals surface area contributed by atoms with E-state index in [1.54, 1.807) is 24.3 Å². The molecule has 0 bridgehead atoms. The van der Waals surface area contributed by atoms with Crippen molar-refractivity contribution in [1.29, 1.82) is 5.26 Å². The third-order valence-electron chi connectivity index (χ3n) is 3.08. The van der Waals surface area contributed by atoms with E-state index in [4.69, 9.17) is 5.26 Å². The number of hydrogen-bond acceptors (Lipinski definition) is 5. The monoisotopic (exact) mass is 293 g/mol. The predicted molar refractivity (Wildman–Crippen MR) is 74.8 cm³/mol. The maximum Gasteiger partial charge on any atom is 0.238 e. The third kappa shape index (κ3) is 4.05. The Morgan fingerprint density at radius 2 is 2.05 bits per heavy atom. The summed E-state index contributed by atoms with van der Waals surface area (Å²) in [6.45, 7) is 0.0696. The summed E-state index contributed by atoms with van der Waals surface area (Å²) < 4.78 is 22.5. The van der Waals surface area contributed by atoms with Crippen LogP contribution in [0.3, 0.4) is 0 Å². The highest BCUT2D eigenvalue weighted by atomic mass is 32.2. The smallest absolute Gasteiger partial charge is 0.238 e. The second-order valence-electron chi connectivity index (χ2n) is 4.72. The number of rotatable bonds is 4. The molecule has 2 rings (SSSR count). The van der Waals surface area contributed by atoms with Gasteiger partial charge in [0.25, 0.3) is 0 Å². The van der Waals surface area contributed by atoms with Crippen molar-refractivity contribution in [1.82, 2.24) is 5.32 Å². The molecule has 1 unspecified atom stereocenters. The van der Waals surface area contributed by atoms with Crippen LogP contribution in [0.5, 0.6) is 0 Å². The van der Waals surface area contributed by atoms with Gasteiger partial charge in [0.05, 0.1) is 29.7 Å². The minimum absolute atomic E-state index is 0.0696. The third-order valence-corrected chi connectivity index (χ3v) is 4.85. The Bertz CT molecular complexity index is 632. The predicted octanol–water partition coefficient (Wildman–Crippen LogP) is 0.273. The molecular weight excluding hydrogens is 278 g/mol. The molecule has 6 nitrogen and oxygen atoms in total. The first-order valence-corrected chi connectivity index (χ1v) is 8.04. The van der Waals surface area contributed by atoms with Crippen molar-refractivity contribution in [3.05, 3.63) is 29.8 Å². The minimum Gasteiger partial charge on any atom is -0.325 e. The number of hydrogen-bond donors (Lipinski definition) is 2. The normalized spacial score (nSPS) is 20.2. The van der Waals surface area contributed by atoms with Crippen LogP contribution in [0.25, 0.3) is 0 Å². The van der Waals surface area contributed by atoms with Gasteiger partial charge in [0.15, 0.2) is 9.84 Å². The molecule has 0 aromatic heterocycles. The van der Waals surface area contributed by atoms with Gasteiger partial charge in [-0.2, -0.15) is 5.26 Å². The zero-order chi connectivity index (χ0) is 14.6. The van der Waals surface area contributed by atoms with Gasteiger partial charge >= 0.3 is 0 Å². The first-order valence-electron chi connectivity index (χ1n) is 6.22. The molecule has 106 valence electrons. The molecule has 1 aliphatic rings. The lowest BCUT2D eigenvalue weighted by molar-refractivity contribution is -0.115. The average molecular weight is 293 g/mol. The van der Waals surface area contributed by atoms with Crippen molar-refractivity contribution >= 4 is 21.4 Å². The number of carbonyl (C=O) groups excluding carboxylic acids is 1. The van der Waals surface area contributed by atoms with Crippen molar-refractivity contribution in [2.24, 2.45) is 0 Å². The standard InChI is InChI=1S/C13H15N3O3S/c14-7-10-1-3-11(4-2-10)16-13(17)8-15-12-5-6-20(18,19)9-12/h1-4,12,15H,5-6,8-9H2,(H,16,17). The van der Waals surface area contributed by atoms with Gasteiger partial charge in [-0.3, -0.25) is 4.79 Å². The summed E-state index contributed by atoms with van der Waals surface area (Å²) in [5.41, 5.74) is 1.13. The number of benzene rings is 1. The maximum absolute atomic E-state index is 11.7. The quantitative estimate of drug-likeness (QED) is 0.830. The zero-order valence-electron chi connectivity index (χ0n) is 10.8. The lowest BCUT2D eigenvalue weighted by Crippen LogP contribution is -2.36. The van der Waals surface area contributed by atoms with Crippen molar-refractivity contribution in [2.75, 3.05) is 23.4 Å². The molecule has 1 aliphatic heterocycles. The Kier molecular flexibility index (Phi) is 4.37. The Balaban J connectivity index is 1.79. The number of nitrogens with one attached hydrogen (secondary N) is 2. The Hall–Kier alpha value is -1.91. The van der Waals surface area contributed by atoms with Gasteiger partial charge < -0.3 is 10.6 Å². The van der Waals surface area contributed by atoms with Crippen LogP contribution in [0.15, 0.2) is 24.3 Å². The van der Waals surface area contributed by atoms with Crippen molar-refractivity contribution in [3.8, 4) is 6.07 Å². The first kappa shape index (κ1) is 14.5. The van der Waals surface area contributed by atoms with E-state index in [2.05, 4.69) is 10.6 Å². The Morgan fingerprint density at radius 3 is 2.60 bits per heavy atom. The topological polar surface area (TPSA) is 99.1 Å². The lowest BCUT2D eigenvalue weighted by Gasteiger charge is -2.10. The summed E-state index contributed by atoms with van der Waals surface area (Å²) in [6, 6.07) is 8.38. The fraction of sp³-hybridized carbons (Fsp3) is 0.385. The van der Waals surface area contributed by atoms with Crippen LogP contribution < -0.4 is 10.6 Å². The molecular formula is C13H15N3O3S. The van der Waals surface area contributed by atoms with E-state index in [9.17, 15) is 13.2 Å². The number of nitriles is 1. The molecule has 1 aromatic rings. The molecule has 1 heterocycles. The van der Waals surface area contributed by atoms with E-state index in [1.807, 2.05) is 6.07 Å². The number of nitrogens with zero attached hydrogens (tertiary/aromatic N) is 1. The molecule has 1 amide bonds. The van der Waals surface area contributed by atoms with Crippen molar-refractivity contribution in [2.45, 2.75) is 12.5 Å². The molecule has 0 aliphatic carbocycles. The summed E-state index contributed by atoms with van der Waals surface area (Å²) in [7, 11) is -2.93. The zero-order valence-corrected chi connectivity index (χ0v) is 11.6. The molecule has 7 heteroatoms. The van der Waals surface area contributed by atoms with Crippen LogP contribution in [0.2, 0.25) is 0 Å². The fourth-order valence-electron chi connectivity index (χ4n) is 2.03. The van der Waals surface area contributed by atoms with Gasteiger partial charge in [0.2, 0.25) is 5.91 Å². The van der Waals surface area contributed by atoms with Crippen LogP contribution in [-0.2, 0) is 14.6 Å². The molecule has 0 saturated carbocycles. The second kappa shape index (κ2) is 6.03. The second-order valence-corrected chi connectivity index (χ2v) is 6.95. The maximum atomic E-state index is 11.7. The van der Waals surface area contributed by atoms with E-state index in [-0.39, 0.29) is 30.0 Å². The highest BCUT2D eigenvalue weighted by molar-refractivity contribution is 7.91. The highest BCUT2D eigenvalue weighted by Crippen LogP contribution is 2.11. The van der Waals surface area contributed by atoms with Gasteiger partial charge in [-0.15, -0.1) is 0 Å². The van der Waals surface area contributed by atoms with Crippen LogP contribution >= 0.6 is 0 Å². The average Bonchev–Trinajstić information content (AvgIpc) is 2.77. The Labute approximate surface area is 117 Å². The van der Waals surface area contributed by atoms with E-state index in [1.165, 1.54) is 0 Å².